The van der Waals surface area contributed by atoms with Gasteiger partial charge in [0.2, 0.25) is 0 Å². The second kappa shape index (κ2) is 7.34. The van der Waals surface area contributed by atoms with E-state index in [1.54, 1.807) is 0 Å². The van der Waals surface area contributed by atoms with E-state index in [1.807, 2.05) is 18.3 Å². The van der Waals surface area contributed by atoms with Gasteiger partial charge in [-0.3, -0.25) is 0 Å². The van der Waals surface area contributed by atoms with E-state index in [0.717, 1.165) is 37.7 Å². The Morgan fingerprint density at radius 1 is 1.42 bits per heavy atom. The van der Waals surface area contributed by atoms with E-state index >= 15 is 0 Å². The van der Waals surface area contributed by atoms with Gasteiger partial charge in [-0.15, -0.1) is 0 Å². The number of nitrogens with zero attached hydrogens (tertiary/aromatic N) is 2. The molecule has 4 nitrogen and oxygen atoms in total. The minimum atomic E-state index is 0.550. The van der Waals surface area contributed by atoms with Crippen LogP contribution in [0.4, 0.5) is 5.82 Å². The summed E-state index contributed by atoms with van der Waals surface area (Å²) in [5.41, 5.74) is 0. The average molecular weight is 263 g/mol. The largest absolute Gasteiger partial charge is 0.490 e. The normalized spacial score (nSPS) is 19.8. The van der Waals surface area contributed by atoms with Crippen LogP contribution < -0.4 is 15.0 Å². The summed E-state index contributed by atoms with van der Waals surface area (Å²) < 4.78 is 5.81. The maximum Gasteiger partial charge on any atom is 0.171 e. The number of anilines is 1. The van der Waals surface area contributed by atoms with Crippen molar-refractivity contribution in [3.63, 3.8) is 0 Å². The third kappa shape index (κ3) is 3.83. The topological polar surface area (TPSA) is 37.4 Å². The highest BCUT2D eigenvalue weighted by molar-refractivity contribution is 5.52. The summed E-state index contributed by atoms with van der Waals surface area (Å²) in [4.78, 5) is 6.81. The molecule has 2 heterocycles. The molecule has 1 aromatic rings. The molecule has 0 saturated carbocycles. The van der Waals surface area contributed by atoms with Crippen LogP contribution in [0.1, 0.15) is 32.6 Å². The molecule has 0 amide bonds. The highest BCUT2D eigenvalue weighted by Crippen LogP contribution is 2.28. The molecule has 1 aromatic heterocycles. The van der Waals surface area contributed by atoms with Gasteiger partial charge in [0.15, 0.2) is 11.6 Å². The van der Waals surface area contributed by atoms with Crippen molar-refractivity contribution in [3.8, 4) is 5.75 Å². The van der Waals surface area contributed by atoms with Crippen LogP contribution in [0.2, 0.25) is 0 Å². The number of rotatable bonds is 5. The molecule has 1 aliphatic heterocycles. The highest BCUT2D eigenvalue weighted by Gasteiger charge is 2.20. The summed E-state index contributed by atoms with van der Waals surface area (Å²) in [6, 6.07) is 4.51. The molecular weight excluding hydrogens is 238 g/mol. The average Bonchev–Trinajstić information content (AvgIpc) is 2.73. The molecule has 2 rings (SSSR count). The molecule has 0 aliphatic carbocycles. The first-order chi connectivity index (χ1) is 9.33. The van der Waals surface area contributed by atoms with E-state index in [1.165, 1.54) is 19.3 Å². The van der Waals surface area contributed by atoms with Crippen molar-refractivity contribution < 1.29 is 4.74 Å². The maximum atomic E-state index is 5.81. The smallest absolute Gasteiger partial charge is 0.171 e. The van der Waals surface area contributed by atoms with Crippen LogP contribution in [0.5, 0.6) is 5.75 Å². The zero-order chi connectivity index (χ0) is 13.5. The summed E-state index contributed by atoms with van der Waals surface area (Å²) in [6.07, 6.45) is 6.48. The number of ether oxygens (including phenoxy) is 1. The van der Waals surface area contributed by atoms with Gasteiger partial charge in [0.25, 0.3) is 0 Å². The first-order valence-corrected chi connectivity index (χ1v) is 7.34. The van der Waals surface area contributed by atoms with Gasteiger partial charge in [0, 0.05) is 19.3 Å². The van der Waals surface area contributed by atoms with Crippen molar-refractivity contribution >= 4 is 5.82 Å². The van der Waals surface area contributed by atoms with Gasteiger partial charge in [0.05, 0.1) is 6.61 Å². The molecular formula is C15H25N3O. The fraction of sp³-hybridized carbons (Fsp3) is 0.667. The maximum absolute atomic E-state index is 5.81. The Hall–Kier alpha value is -1.29. The SMILES string of the molecule is CCCOc1cccnc1N(C)C1CCCNCC1. The Morgan fingerprint density at radius 2 is 2.32 bits per heavy atom. The van der Waals surface area contributed by atoms with E-state index in [0.29, 0.717) is 6.04 Å². The minimum absolute atomic E-state index is 0.550. The molecule has 4 heteroatoms. The van der Waals surface area contributed by atoms with Crippen molar-refractivity contribution in [2.24, 2.45) is 0 Å². The lowest BCUT2D eigenvalue weighted by Crippen LogP contribution is -2.33. The lowest BCUT2D eigenvalue weighted by Gasteiger charge is -2.29. The van der Waals surface area contributed by atoms with Crippen molar-refractivity contribution in [3.05, 3.63) is 18.3 Å². The van der Waals surface area contributed by atoms with Crippen molar-refractivity contribution in [1.82, 2.24) is 10.3 Å². The lowest BCUT2D eigenvalue weighted by molar-refractivity contribution is 0.316. The van der Waals surface area contributed by atoms with Gasteiger partial charge in [-0.1, -0.05) is 6.92 Å². The Morgan fingerprint density at radius 3 is 3.16 bits per heavy atom. The van der Waals surface area contributed by atoms with Crippen LogP contribution in [-0.4, -0.2) is 37.8 Å². The minimum Gasteiger partial charge on any atom is -0.490 e. The Kier molecular flexibility index (Phi) is 5.45. The van der Waals surface area contributed by atoms with E-state index in [2.05, 4.69) is 29.2 Å². The van der Waals surface area contributed by atoms with Gasteiger partial charge in [-0.25, -0.2) is 4.98 Å². The van der Waals surface area contributed by atoms with Gasteiger partial charge in [-0.05, 0) is 50.9 Å². The Bertz CT molecular complexity index is 375. The summed E-state index contributed by atoms with van der Waals surface area (Å²) in [6.45, 7) is 5.09. The fourth-order valence-corrected chi connectivity index (χ4v) is 2.53. The van der Waals surface area contributed by atoms with E-state index in [4.69, 9.17) is 4.74 Å². The number of hydrogen-bond donors (Lipinski definition) is 1. The molecule has 106 valence electrons. The predicted octanol–water partition coefficient (Wildman–Crippen LogP) is 2.45. The van der Waals surface area contributed by atoms with Gasteiger partial charge >= 0.3 is 0 Å². The molecule has 0 spiro atoms. The standard InChI is InChI=1S/C15H25N3O/c1-3-12-19-14-7-5-10-17-15(14)18(2)13-6-4-9-16-11-8-13/h5,7,10,13,16H,3-4,6,8-9,11-12H2,1-2H3. The van der Waals surface area contributed by atoms with Crippen LogP contribution in [0.15, 0.2) is 18.3 Å². The second-order valence-electron chi connectivity index (χ2n) is 5.12. The highest BCUT2D eigenvalue weighted by atomic mass is 16.5. The van der Waals surface area contributed by atoms with Gasteiger partial charge < -0.3 is 15.0 Å². The van der Waals surface area contributed by atoms with Crippen LogP contribution in [0.25, 0.3) is 0 Å². The third-order valence-electron chi connectivity index (χ3n) is 3.64. The fourth-order valence-electron chi connectivity index (χ4n) is 2.53. The molecule has 1 unspecified atom stereocenters. The number of hydrogen-bond acceptors (Lipinski definition) is 4. The van der Waals surface area contributed by atoms with Crippen LogP contribution in [0, 0.1) is 0 Å². The van der Waals surface area contributed by atoms with Crippen molar-refractivity contribution in [2.75, 3.05) is 31.6 Å². The molecule has 1 fully saturated rings. The van der Waals surface area contributed by atoms with E-state index < -0.39 is 0 Å². The Balaban J connectivity index is 2.10. The second-order valence-corrected chi connectivity index (χ2v) is 5.12. The number of nitrogens with one attached hydrogen (secondary N) is 1. The summed E-state index contributed by atoms with van der Waals surface area (Å²) in [5.74, 6) is 1.88. The molecule has 1 atom stereocenters. The molecule has 1 N–H and O–H groups in total. The van der Waals surface area contributed by atoms with E-state index in [-0.39, 0.29) is 0 Å². The monoisotopic (exact) mass is 263 g/mol. The predicted molar refractivity (Wildman–Crippen MR) is 78.9 cm³/mol. The van der Waals surface area contributed by atoms with Crippen LogP contribution in [0.3, 0.4) is 0 Å². The molecule has 0 bridgehead atoms. The molecule has 1 aliphatic rings. The lowest BCUT2D eigenvalue weighted by atomic mass is 10.1. The summed E-state index contributed by atoms with van der Waals surface area (Å²) in [7, 11) is 2.14. The molecule has 19 heavy (non-hydrogen) atoms. The molecule has 0 aromatic carbocycles. The van der Waals surface area contributed by atoms with Crippen molar-refractivity contribution in [2.45, 2.75) is 38.6 Å². The number of pyridine rings is 1. The van der Waals surface area contributed by atoms with E-state index in [9.17, 15) is 0 Å². The quantitative estimate of drug-likeness (QED) is 0.885. The zero-order valence-corrected chi connectivity index (χ0v) is 12.1. The molecule has 0 radical (unpaired) electrons. The van der Waals surface area contributed by atoms with Crippen molar-refractivity contribution in [1.29, 1.82) is 0 Å². The summed E-state index contributed by atoms with van der Waals surface area (Å²) >= 11 is 0. The van der Waals surface area contributed by atoms with Crippen LogP contribution >= 0.6 is 0 Å². The number of aromatic nitrogens is 1. The third-order valence-corrected chi connectivity index (χ3v) is 3.64. The Labute approximate surface area is 116 Å². The van der Waals surface area contributed by atoms with Crippen LogP contribution in [-0.2, 0) is 0 Å². The van der Waals surface area contributed by atoms with Gasteiger partial charge in [-0.2, -0.15) is 0 Å². The summed E-state index contributed by atoms with van der Waals surface area (Å²) in [5, 5.41) is 3.45. The molecule has 1 saturated heterocycles. The van der Waals surface area contributed by atoms with Gasteiger partial charge in [0.1, 0.15) is 0 Å². The first-order valence-electron chi connectivity index (χ1n) is 7.34. The first kappa shape index (κ1) is 14.1. The zero-order valence-electron chi connectivity index (χ0n) is 12.1.